The zero-order valence-electron chi connectivity index (χ0n) is 15.3. The van der Waals surface area contributed by atoms with Gasteiger partial charge >= 0.3 is 0 Å². The van der Waals surface area contributed by atoms with Gasteiger partial charge in [-0.05, 0) is 31.9 Å². The number of hydrogen-bond acceptors (Lipinski definition) is 5. The lowest BCUT2D eigenvalue weighted by Crippen LogP contribution is -2.52. The third kappa shape index (κ3) is 3.46. The minimum Gasteiger partial charge on any atom is -0.353 e. The number of piperazine rings is 1. The highest BCUT2D eigenvalue weighted by molar-refractivity contribution is 5.54. The van der Waals surface area contributed by atoms with E-state index in [0.717, 1.165) is 49.1 Å². The quantitative estimate of drug-likeness (QED) is 0.784. The van der Waals surface area contributed by atoms with Crippen molar-refractivity contribution in [2.75, 3.05) is 24.5 Å². The molecule has 1 atom stereocenters. The highest BCUT2D eigenvalue weighted by Gasteiger charge is 2.23. The van der Waals surface area contributed by atoms with E-state index in [1.807, 2.05) is 23.9 Å². The lowest BCUT2D eigenvalue weighted by atomic mass is 10.0. The van der Waals surface area contributed by atoms with Crippen molar-refractivity contribution in [3.8, 4) is 5.82 Å². The summed E-state index contributed by atoms with van der Waals surface area (Å²) in [6, 6.07) is 13.0. The molecule has 1 aliphatic rings. The number of hydrogen-bond donors (Lipinski definition) is 1. The molecule has 1 aliphatic heterocycles. The van der Waals surface area contributed by atoms with E-state index < -0.39 is 0 Å². The van der Waals surface area contributed by atoms with Crippen LogP contribution in [0.2, 0.25) is 0 Å². The van der Waals surface area contributed by atoms with Gasteiger partial charge in [0.05, 0.1) is 0 Å². The number of benzene rings is 1. The molecule has 0 amide bonds. The molecular formula is C20H24N6. The van der Waals surface area contributed by atoms with E-state index in [0.29, 0.717) is 6.04 Å². The Balaban J connectivity index is 1.59. The molecule has 26 heavy (non-hydrogen) atoms. The molecule has 1 aromatic carbocycles. The number of rotatable bonds is 4. The van der Waals surface area contributed by atoms with Gasteiger partial charge in [0, 0.05) is 43.6 Å². The first-order valence-electron chi connectivity index (χ1n) is 9.08. The van der Waals surface area contributed by atoms with Crippen LogP contribution in [0.25, 0.3) is 5.82 Å². The van der Waals surface area contributed by atoms with Crippen molar-refractivity contribution >= 4 is 5.82 Å². The van der Waals surface area contributed by atoms with Crippen molar-refractivity contribution in [3.63, 3.8) is 0 Å². The Bertz CT molecular complexity index is 860. The second kappa shape index (κ2) is 7.25. The Kier molecular flexibility index (Phi) is 4.67. The standard InChI is InChI=1S/C20H24N6/c1-15-19(23-16(2)24-20(15)26-11-6-9-22-26)25-12-10-21-18(14-25)13-17-7-4-3-5-8-17/h3-9,11,18,21H,10,12-14H2,1-2H3. The van der Waals surface area contributed by atoms with Gasteiger partial charge in [-0.15, -0.1) is 0 Å². The highest BCUT2D eigenvalue weighted by Crippen LogP contribution is 2.24. The molecule has 1 N–H and O–H groups in total. The second-order valence-corrected chi connectivity index (χ2v) is 6.78. The van der Waals surface area contributed by atoms with Gasteiger partial charge in [-0.2, -0.15) is 5.10 Å². The summed E-state index contributed by atoms with van der Waals surface area (Å²) in [5, 5.41) is 7.98. The Hall–Kier alpha value is -2.73. The molecule has 6 nitrogen and oxygen atoms in total. The predicted molar refractivity (Wildman–Crippen MR) is 103 cm³/mol. The fourth-order valence-corrected chi connectivity index (χ4v) is 3.58. The fourth-order valence-electron chi connectivity index (χ4n) is 3.58. The summed E-state index contributed by atoms with van der Waals surface area (Å²) >= 11 is 0. The summed E-state index contributed by atoms with van der Waals surface area (Å²) in [7, 11) is 0. The van der Waals surface area contributed by atoms with Crippen LogP contribution in [-0.4, -0.2) is 45.4 Å². The number of nitrogens with one attached hydrogen (secondary N) is 1. The van der Waals surface area contributed by atoms with Gasteiger partial charge in [-0.3, -0.25) is 0 Å². The molecule has 0 aliphatic carbocycles. The Morgan fingerprint density at radius 1 is 1.08 bits per heavy atom. The first kappa shape index (κ1) is 16.7. The lowest BCUT2D eigenvalue weighted by Gasteiger charge is -2.35. The first-order chi connectivity index (χ1) is 12.7. The molecule has 0 saturated carbocycles. The van der Waals surface area contributed by atoms with Crippen LogP contribution >= 0.6 is 0 Å². The van der Waals surface area contributed by atoms with E-state index >= 15 is 0 Å². The van der Waals surface area contributed by atoms with E-state index in [-0.39, 0.29) is 0 Å². The zero-order chi connectivity index (χ0) is 17.9. The van der Waals surface area contributed by atoms with Crippen molar-refractivity contribution < 1.29 is 0 Å². The van der Waals surface area contributed by atoms with Crippen LogP contribution in [0.3, 0.4) is 0 Å². The van der Waals surface area contributed by atoms with E-state index in [2.05, 4.69) is 57.6 Å². The maximum Gasteiger partial charge on any atom is 0.162 e. The SMILES string of the molecule is Cc1nc(N2CCNC(Cc3ccccc3)C2)c(C)c(-n2cccn2)n1. The van der Waals surface area contributed by atoms with Crippen molar-refractivity contribution in [1.82, 2.24) is 25.1 Å². The summed E-state index contributed by atoms with van der Waals surface area (Å²) in [5.41, 5.74) is 2.43. The number of aryl methyl sites for hydroxylation is 1. The lowest BCUT2D eigenvalue weighted by molar-refractivity contribution is 0.452. The molecule has 0 bridgehead atoms. The summed E-state index contributed by atoms with van der Waals surface area (Å²) < 4.78 is 1.82. The Morgan fingerprint density at radius 3 is 2.65 bits per heavy atom. The summed E-state index contributed by atoms with van der Waals surface area (Å²) in [4.78, 5) is 11.7. The van der Waals surface area contributed by atoms with Gasteiger partial charge in [0.25, 0.3) is 0 Å². The molecule has 0 spiro atoms. The van der Waals surface area contributed by atoms with Gasteiger partial charge < -0.3 is 10.2 Å². The molecule has 1 saturated heterocycles. The van der Waals surface area contributed by atoms with Gasteiger partial charge in [0.15, 0.2) is 5.82 Å². The fraction of sp³-hybridized carbons (Fsp3) is 0.350. The van der Waals surface area contributed by atoms with Crippen molar-refractivity contribution in [1.29, 1.82) is 0 Å². The molecule has 4 rings (SSSR count). The molecule has 1 unspecified atom stereocenters. The van der Waals surface area contributed by atoms with E-state index in [4.69, 9.17) is 4.98 Å². The monoisotopic (exact) mass is 348 g/mol. The van der Waals surface area contributed by atoms with Crippen LogP contribution in [0.5, 0.6) is 0 Å². The van der Waals surface area contributed by atoms with Gasteiger partial charge in [0.2, 0.25) is 0 Å². The zero-order valence-corrected chi connectivity index (χ0v) is 15.3. The highest BCUT2D eigenvalue weighted by atomic mass is 15.3. The molecular weight excluding hydrogens is 324 g/mol. The molecule has 2 aromatic heterocycles. The third-order valence-electron chi connectivity index (χ3n) is 4.81. The predicted octanol–water partition coefficient (Wildman–Crippen LogP) is 2.30. The van der Waals surface area contributed by atoms with Crippen LogP contribution in [0.1, 0.15) is 17.0 Å². The van der Waals surface area contributed by atoms with E-state index in [9.17, 15) is 0 Å². The number of nitrogens with zero attached hydrogens (tertiary/aromatic N) is 5. The molecule has 0 radical (unpaired) electrons. The van der Waals surface area contributed by atoms with Gasteiger partial charge in [-0.1, -0.05) is 30.3 Å². The molecule has 1 fully saturated rings. The molecule has 3 heterocycles. The third-order valence-corrected chi connectivity index (χ3v) is 4.81. The average Bonchev–Trinajstić information content (AvgIpc) is 3.19. The van der Waals surface area contributed by atoms with Crippen LogP contribution in [-0.2, 0) is 6.42 Å². The molecule has 134 valence electrons. The normalized spacial score (nSPS) is 17.5. The summed E-state index contributed by atoms with van der Waals surface area (Å²) in [5.74, 6) is 2.65. The Morgan fingerprint density at radius 2 is 1.88 bits per heavy atom. The smallest absolute Gasteiger partial charge is 0.162 e. The maximum atomic E-state index is 4.75. The van der Waals surface area contributed by atoms with Crippen LogP contribution < -0.4 is 10.2 Å². The van der Waals surface area contributed by atoms with Crippen molar-refractivity contribution in [2.24, 2.45) is 0 Å². The average molecular weight is 348 g/mol. The summed E-state index contributed by atoms with van der Waals surface area (Å²) in [6.45, 7) is 6.86. The number of anilines is 1. The van der Waals surface area contributed by atoms with E-state index in [1.54, 1.807) is 6.20 Å². The summed E-state index contributed by atoms with van der Waals surface area (Å²) in [6.07, 6.45) is 4.72. The number of aromatic nitrogens is 4. The van der Waals surface area contributed by atoms with Crippen molar-refractivity contribution in [3.05, 3.63) is 65.7 Å². The van der Waals surface area contributed by atoms with Crippen LogP contribution in [0, 0.1) is 13.8 Å². The second-order valence-electron chi connectivity index (χ2n) is 6.78. The largest absolute Gasteiger partial charge is 0.353 e. The van der Waals surface area contributed by atoms with Crippen LogP contribution in [0.15, 0.2) is 48.8 Å². The van der Waals surface area contributed by atoms with Crippen LogP contribution in [0.4, 0.5) is 5.82 Å². The first-order valence-corrected chi connectivity index (χ1v) is 9.08. The van der Waals surface area contributed by atoms with Crippen molar-refractivity contribution in [2.45, 2.75) is 26.3 Å². The van der Waals surface area contributed by atoms with Gasteiger partial charge in [0.1, 0.15) is 11.6 Å². The minimum absolute atomic E-state index is 0.411. The maximum absolute atomic E-state index is 4.75. The van der Waals surface area contributed by atoms with E-state index in [1.165, 1.54) is 5.56 Å². The molecule has 6 heteroatoms. The topological polar surface area (TPSA) is 58.9 Å². The van der Waals surface area contributed by atoms with Gasteiger partial charge in [-0.25, -0.2) is 14.6 Å². The molecule has 3 aromatic rings. The Labute approximate surface area is 153 Å². The minimum atomic E-state index is 0.411.